The van der Waals surface area contributed by atoms with E-state index in [1.165, 1.54) is 0 Å². The molecular weight excluding hydrogens is 316 g/mol. The summed E-state index contributed by atoms with van der Waals surface area (Å²) in [4.78, 5) is 0. The third-order valence-corrected chi connectivity index (χ3v) is 3.14. The van der Waals surface area contributed by atoms with Crippen LogP contribution in [0.25, 0.3) is 0 Å². The Labute approximate surface area is 118 Å². The fraction of sp³-hybridized carbons (Fsp3) is 0.143. The molecule has 0 aliphatic carbocycles. The van der Waals surface area contributed by atoms with E-state index in [0.717, 1.165) is 22.7 Å². The molecule has 2 aromatic rings. The zero-order valence-corrected chi connectivity index (χ0v) is 11.5. The summed E-state index contributed by atoms with van der Waals surface area (Å²) in [6.45, 7) is 0.0941. The van der Waals surface area contributed by atoms with Crippen molar-refractivity contribution in [2.75, 3.05) is 11.9 Å². The summed E-state index contributed by atoms with van der Waals surface area (Å²) in [6.07, 6.45) is -0.805. The highest BCUT2D eigenvalue weighted by Gasteiger charge is 2.09. The van der Waals surface area contributed by atoms with E-state index in [2.05, 4.69) is 21.2 Å². The zero-order valence-electron chi connectivity index (χ0n) is 9.91. The van der Waals surface area contributed by atoms with Gasteiger partial charge in [0.25, 0.3) is 0 Å². The lowest BCUT2D eigenvalue weighted by atomic mass is 10.1. The van der Waals surface area contributed by atoms with E-state index in [1.807, 2.05) is 6.07 Å². The van der Waals surface area contributed by atoms with Crippen molar-refractivity contribution in [3.8, 4) is 0 Å². The minimum absolute atomic E-state index is 0.0362. The predicted molar refractivity (Wildman–Crippen MR) is 73.9 cm³/mol. The Kier molecular flexibility index (Phi) is 4.50. The van der Waals surface area contributed by atoms with Crippen molar-refractivity contribution in [2.24, 2.45) is 0 Å². The van der Waals surface area contributed by atoms with Crippen LogP contribution in [0.3, 0.4) is 0 Å². The fourth-order valence-electron chi connectivity index (χ4n) is 1.67. The van der Waals surface area contributed by atoms with Gasteiger partial charge in [-0.1, -0.05) is 28.1 Å². The SMILES string of the molecule is OC(CNc1cc(F)ccc1F)c1cccc(Br)c1. The largest absolute Gasteiger partial charge is 0.387 e. The summed E-state index contributed by atoms with van der Waals surface area (Å²) in [5.41, 5.74) is 0.729. The lowest BCUT2D eigenvalue weighted by Gasteiger charge is -2.14. The highest BCUT2D eigenvalue weighted by molar-refractivity contribution is 9.10. The summed E-state index contributed by atoms with van der Waals surface area (Å²) < 4.78 is 27.2. The van der Waals surface area contributed by atoms with Gasteiger partial charge in [-0.3, -0.25) is 0 Å². The minimum Gasteiger partial charge on any atom is -0.387 e. The van der Waals surface area contributed by atoms with Crippen LogP contribution < -0.4 is 5.32 Å². The predicted octanol–water partition coefficient (Wildman–Crippen LogP) is 3.87. The second-order valence-corrected chi connectivity index (χ2v) is 4.99. The molecule has 0 fully saturated rings. The average molecular weight is 328 g/mol. The molecule has 1 atom stereocenters. The van der Waals surface area contributed by atoms with Crippen LogP contribution in [0.4, 0.5) is 14.5 Å². The van der Waals surface area contributed by atoms with Crippen LogP contribution >= 0.6 is 15.9 Å². The van der Waals surface area contributed by atoms with Crippen molar-refractivity contribution in [3.05, 3.63) is 64.1 Å². The first-order valence-electron chi connectivity index (χ1n) is 5.69. The molecule has 2 aromatic carbocycles. The second kappa shape index (κ2) is 6.12. The Morgan fingerprint density at radius 1 is 1.16 bits per heavy atom. The number of hydrogen-bond acceptors (Lipinski definition) is 2. The lowest BCUT2D eigenvalue weighted by molar-refractivity contribution is 0.191. The number of hydrogen-bond donors (Lipinski definition) is 2. The van der Waals surface area contributed by atoms with Crippen LogP contribution in [0.1, 0.15) is 11.7 Å². The maximum absolute atomic E-state index is 13.4. The molecule has 0 aliphatic rings. The van der Waals surface area contributed by atoms with Crippen molar-refractivity contribution in [1.82, 2.24) is 0 Å². The molecule has 2 N–H and O–H groups in total. The fourth-order valence-corrected chi connectivity index (χ4v) is 2.09. The Hall–Kier alpha value is -1.46. The molecule has 0 aromatic heterocycles. The van der Waals surface area contributed by atoms with Crippen LogP contribution in [-0.2, 0) is 0 Å². The summed E-state index contributed by atoms with van der Waals surface area (Å²) in [5.74, 6) is -1.08. The number of halogens is 3. The molecule has 0 amide bonds. The zero-order chi connectivity index (χ0) is 13.8. The van der Waals surface area contributed by atoms with E-state index in [-0.39, 0.29) is 12.2 Å². The molecule has 2 nitrogen and oxygen atoms in total. The summed E-state index contributed by atoms with van der Waals surface area (Å²) in [6, 6.07) is 10.3. The highest BCUT2D eigenvalue weighted by Crippen LogP contribution is 2.20. The van der Waals surface area contributed by atoms with Gasteiger partial charge in [0, 0.05) is 11.0 Å². The van der Waals surface area contributed by atoms with Crippen molar-refractivity contribution >= 4 is 21.6 Å². The maximum Gasteiger partial charge on any atom is 0.146 e. The third-order valence-electron chi connectivity index (χ3n) is 2.65. The van der Waals surface area contributed by atoms with Gasteiger partial charge in [-0.2, -0.15) is 0 Å². The van der Waals surface area contributed by atoms with E-state index < -0.39 is 17.7 Å². The molecule has 0 heterocycles. The molecular formula is C14H12BrF2NO. The number of aliphatic hydroxyl groups is 1. The van der Waals surface area contributed by atoms with Crippen molar-refractivity contribution in [2.45, 2.75) is 6.10 Å². The van der Waals surface area contributed by atoms with E-state index in [1.54, 1.807) is 18.2 Å². The van der Waals surface area contributed by atoms with Gasteiger partial charge in [-0.15, -0.1) is 0 Å². The van der Waals surface area contributed by atoms with E-state index >= 15 is 0 Å². The van der Waals surface area contributed by atoms with Gasteiger partial charge < -0.3 is 10.4 Å². The van der Waals surface area contributed by atoms with Crippen molar-refractivity contribution < 1.29 is 13.9 Å². The topological polar surface area (TPSA) is 32.3 Å². The maximum atomic E-state index is 13.4. The van der Waals surface area contributed by atoms with E-state index in [0.29, 0.717) is 5.56 Å². The molecule has 100 valence electrons. The quantitative estimate of drug-likeness (QED) is 0.893. The van der Waals surface area contributed by atoms with Crippen LogP contribution in [0.5, 0.6) is 0 Å². The molecule has 0 bridgehead atoms. The standard InChI is InChI=1S/C14H12BrF2NO/c15-10-3-1-2-9(6-10)14(19)8-18-13-7-11(16)4-5-12(13)17/h1-7,14,18-19H,8H2. The highest BCUT2D eigenvalue weighted by atomic mass is 79.9. The Balaban J connectivity index is 2.04. The molecule has 19 heavy (non-hydrogen) atoms. The third kappa shape index (κ3) is 3.75. The lowest BCUT2D eigenvalue weighted by Crippen LogP contribution is -2.13. The molecule has 0 radical (unpaired) electrons. The van der Waals surface area contributed by atoms with Gasteiger partial charge in [0.15, 0.2) is 0 Å². The second-order valence-electron chi connectivity index (χ2n) is 4.08. The van der Waals surface area contributed by atoms with Gasteiger partial charge >= 0.3 is 0 Å². The number of anilines is 1. The molecule has 0 spiro atoms. The van der Waals surface area contributed by atoms with Gasteiger partial charge in [-0.25, -0.2) is 8.78 Å². The summed E-state index contributed by atoms with van der Waals surface area (Å²) in [5, 5.41) is 12.7. The van der Waals surface area contributed by atoms with Crippen molar-refractivity contribution in [1.29, 1.82) is 0 Å². The first kappa shape index (κ1) is 14.0. The van der Waals surface area contributed by atoms with Gasteiger partial charge in [0.05, 0.1) is 11.8 Å². The van der Waals surface area contributed by atoms with E-state index in [9.17, 15) is 13.9 Å². The number of aliphatic hydroxyl groups excluding tert-OH is 1. The Bertz CT molecular complexity index is 577. The Morgan fingerprint density at radius 3 is 2.68 bits per heavy atom. The van der Waals surface area contributed by atoms with Crippen LogP contribution in [0.15, 0.2) is 46.9 Å². The molecule has 0 saturated heterocycles. The molecule has 0 aliphatic heterocycles. The van der Waals surface area contributed by atoms with Crippen molar-refractivity contribution in [3.63, 3.8) is 0 Å². The van der Waals surface area contributed by atoms with Crippen LogP contribution in [0, 0.1) is 11.6 Å². The first-order valence-corrected chi connectivity index (χ1v) is 6.48. The van der Waals surface area contributed by atoms with Crippen LogP contribution in [-0.4, -0.2) is 11.7 Å². The number of benzene rings is 2. The number of nitrogens with one attached hydrogen (secondary N) is 1. The first-order chi connectivity index (χ1) is 9.06. The molecule has 1 unspecified atom stereocenters. The van der Waals surface area contributed by atoms with Gasteiger partial charge in [-0.05, 0) is 35.9 Å². The van der Waals surface area contributed by atoms with Gasteiger partial charge in [0.2, 0.25) is 0 Å². The molecule has 2 rings (SSSR count). The smallest absolute Gasteiger partial charge is 0.146 e. The van der Waals surface area contributed by atoms with E-state index in [4.69, 9.17) is 0 Å². The number of rotatable bonds is 4. The summed E-state index contributed by atoms with van der Waals surface area (Å²) >= 11 is 3.31. The summed E-state index contributed by atoms with van der Waals surface area (Å²) in [7, 11) is 0. The molecule has 5 heteroatoms. The average Bonchev–Trinajstić information content (AvgIpc) is 2.39. The van der Waals surface area contributed by atoms with Gasteiger partial charge in [0.1, 0.15) is 11.6 Å². The van der Waals surface area contributed by atoms with Crippen LogP contribution in [0.2, 0.25) is 0 Å². The normalized spacial score (nSPS) is 12.2. The Morgan fingerprint density at radius 2 is 1.95 bits per heavy atom. The molecule has 0 saturated carbocycles. The minimum atomic E-state index is -0.805. The monoisotopic (exact) mass is 327 g/mol.